The number of benzene rings is 1. The fourth-order valence-electron chi connectivity index (χ4n) is 6.14. The minimum atomic E-state index is -0.585. The van der Waals surface area contributed by atoms with E-state index in [1.807, 2.05) is 0 Å². The van der Waals surface area contributed by atoms with E-state index in [-0.39, 0.29) is 36.0 Å². The molecule has 4 fully saturated rings. The van der Waals surface area contributed by atoms with Gasteiger partial charge < -0.3 is 10.1 Å². The molecule has 27 heavy (non-hydrogen) atoms. The lowest BCUT2D eigenvalue weighted by atomic mass is 9.48. The first kappa shape index (κ1) is 18.5. The van der Waals surface area contributed by atoms with Crippen LogP contribution in [-0.4, -0.2) is 24.5 Å². The third kappa shape index (κ3) is 3.87. The molecule has 0 aromatic heterocycles. The number of nitrogens with one attached hydrogen (secondary N) is 1. The van der Waals surface area contributed by atoms with Crippen LogP contribution in [0.5, 0.6) is 0 Å². The molecular weight excluding hydrogens is 345 g/mol. The summed E-state index contributed by atoms with van der Waals surface area (Å²) in [5, 5.41) is 3.08. The minimum Gasteiger partial charge on any atom is -0.455 e. The van der Waals surface area contributed by atoms with Gasteiger partial charge in [0.25, 0.3) is 5.91 Å². The van der Waals surface area contributed by atoms with E-state index in [1.165, 1.54) is 44.6 Å². The molecule has 1 N–H and O–H groups in total. The third-order valence-corrected chi connectivity index (χ3v) is 7.04. The number of esters is 1. The Morgan fingerprint density at radius 3 is 2.33 bits per heavy atom. The van der Waals surface area contributed by atoms with Crippen LogP contribution in [0.1, 0.15) is 51.0 Å². The number of halogens is 1. The number of hydrogen-bond donors (Lipinski definition) is 1. The van der Waals surface area contributed by atoms with Crippen molar-refractivity contribution in [1.82, 2.24) is 5.32 Å². The Hall–Kier alpha value is -1.91. The first-order valence-electron chi connectivity index (χ1n) is 10.1. The van der Waals surface area contributed by atoms with Crippen molar-refractivity contribution in [1.29, 1.82) is 0 Å². The summed E-state index contributed by atoms with van der Waals surface area (Å²) in [5.74, 6) is 1.20. The van der Waals surface area contributed by atoms with Gasteiger partial charge in [0.2, 0.25) is 0 Å². The fourth-order valence-corrected chi connectivity index (χ4v) is 6.14. The summed E-state index contributed by atoms with van der Waals surface area (Å²) in [7, 11) is 0. The zero-order valence-corrected chi connectivity index (χ0v) is 15.9. The second-order valence-electron chi connectivity index (χ2n) is 9.00. The topological polar surface area (TPSA) is 55.4 Å². The smallest absolute Gasteiger partial charge is 0.310 e. The lowest BCUT2D eigenvalue weighted by Crippen LogP contribution is -2.56. The van der Waals surface area contributed by atoms with Crippen molar-refractivity contribution < 1.29 is 18.7 Å². The van der Waals surface area contributed by atoms with E-state index in [0.717, 1.165) is 17.8 Å². The van der Waals surface area contributed by atoms with E-state index in [1.54, 1.807) is 18.2 Å². The third-order valence-electron chi connectivity index (χ3n) is 7.04. The summed E-state index contributed by atoms with van der Waals surface area (Å²) in [6.07, 6.45) is 7.59. The average molecular weight is 373 g/mol. The molecule has 0 unspecified atom stereocenters. The van der Waals surface area contributed by atoms with Crippen LogP contribution in [-0.2, 0) is 20.7 Å². The number of hydrogen-bond acceptors (Lipinski definition) is 3. The first-order chi connectivity index (χ1) is 12.9. The molecule has 146 valence electrons. The van der Waals surface area contributed by atoms with E-state index in [9.17, 15) is 14.0 Å². The largest absolute Gasteiger partial charge is 0.455 e. The van der Waals surface area contributed by atoms with Crippen LogP contribution in [0.25, 0.3) is 0 Å². The van der Waals surface area contributed by atoms with Gasteiger partial charge >= 0.3 is 5.97 Å². The van der Waals surface area contributed by atoms with Crippen LogP contribution in [0.15, 0.2) is 24.3 Å². The number of rotatable bonds is 6. The number of amides is 1. The van der Waals surface area contributed by atoms with Crippen molar-refractivity contribution in [2.75, 3.05) is 6.61 Å². The molecule has 5 heteroatoms. The van der Waals surface area contributed by atoms with Crippen molar-refractivity contribution in [2.45, 2.75) is 57.9 Å². The SMILES string of the molecule is C[C@@H](NC(=O)COC(=O)Cc1ccccc1F)C12CC3CC(CC(C3)C1)C2. The second-order valence-corrected chi connectivity index (χ2v) is 9.00. The maximum Gasteiger partial charge on any atom is 0.310 e. The average Bonchev–Trinajstić information content (AvgIpc) is 2.61. The van der Waals surface area contributed by atoms with Gasteiger partial charge in [-0.25, -0.2) is 4.39 Å². The van der Waals surface area contributed by atoms with E-state index >= 15 is 0 Å². The Balaban J connectivity index is 1.27. The van der Waals surface area contributed by atoms with Gasteiger partial charge in [0.05, 0.1) is 6.42 Å². The highest BCUT2D eigenvalue weighted by Gasteiger charge is 2.53. The Labute approximate surface area is 159 Å². The van der Waals surface area contributed by atoms with Crippen LogP contribution >= 0.6 is 0 Å². The van der Waals surface area contributed by atoms with E-state index in [0.29, 0.717) is 0 Å². The van der Waals surface area contributed by atoms with Crippen LogP contribution in [0.3, 0.4) is 0 Å². The Morgan fingerprint density at radius 1 is 1.15 bits per heavy atom. The zero-order chi connectivity index (χ0) is 19.0. The monoisotopic (exact) mass is 373 g/mol. The van der Waals surface area contributed by atoms with E-state index in [2.05, 4.69) is 12.2 Å². The van der Waals surface area contributed by atoms with Gasteiger partial charge in [-0.15, -0.1) is 0 Å². The molecule has 0 saturated heterocycles. The number of carbonyl (C=O) groups is 2. The molecule has 1 aromatic carbocycles. The summed E-state index contributed by atoms with van der Waals surface area (Å²) in [4.78, 5) is 24.2. The molecule has 1 aromatic rings. The number of ether oxygens (including phenoxy) is 1. The quantitative estimate of drug-likeness (QED) is 0.775. The van der Waals surface area contributed by atoms with Gasteiger partial charge in [0.1, 0.15) is 5.82 Å². The molecule has 4 bridgehead atoms. The Kier molecular flexibility index (Phi) is 4.95. The molecule has 0 aliphatic heterocycles. The maximum absolute atomic E-state index is 13.6. The van der Waals surface area contributed by atoms with Gasteiger partial charge in [0, 0.05) is 6.04 Å². The van der Waals surface area contributed by atoms with Gasteiger partial charge in [-0.1, -0.05) is 18.2 Å². The van der Waals surface area contributed by atoms with Crippen LogP contribution in [0.2, 0.25) is 0 Å². The van der Waals surface area contributed by atoms with Crippen LogP contribution in [0, 0.1) is 29.0 Å². The normalized spacial score (nSPS) is 32.1. The summed E-state index contributed by atoms with van der Waals surface area (Å²) in [6, 6.07) is 6.20. The van der Waals surface area contributed by atoms with Gasteiger partial charge in [-0.2, -0.15) is 0 Å². The first-order valence-corrected chi connectivity index (χ1v) is 10.1. The lowest BCUT2D eigenvalue weighted by molar-refractivity contribution is -0.149. The summed E-state index contributed by atoms with van der Waals surface area (Å²) in [5.41, 5.74) is 0.506. The molecule has 1 atom stereocenters. The lowest BCUT2D eigenvalue weighted by Gasteiger charge is -2.59. The molecule has 0 spiro atoms. The van der Waals surface area contributed by atoms with E-state index < -0.39 is 11.8 Å². The fraction of sp³-hybridized carbons (Fsp3) is 0.636. The Bertz CT molecular complexity index is 697. The highest BCUT2D eigenvalue weighted by molar-refractivity contribution is 5.81. The van der Waals surface area contributed by atoms with Crippen molar-refractivity contribution in [2.24, 2.45) is 23.2 Å². The molecule has 5 rings (SSSR count). The Morgan fingerprint density at radius 2 is 1.74 bits per heavy atom. The molecule has 1 amide bonds. The second kappa shape index (κ2) is 7.25. The van der Waals surface area contributed by atoms with Crippen molar-refractivity contribution in [3.05, 3.63) is 35.6 Å². The van der Waals surface area contributed by atoms with Gasteiger partial charge in [-0.3, -0.25) is 9.59 Å². The van der Waals surface area contributed by atoms with Crippen molar-refractivity contribution >= 4 is 11.9 Å². The molecule has 0 radical (unpaired) electrons. The molecular formula is C22H28FNO3. The van der Waals surface area contributed by atoms with Crippen molar-refractivity contribution in [3.8, 4) is 0 Å². The van der Waals surface area contributed by atoms with Crippen LogP contribution < -0.4 is 5.32 Å². The molecule has 0 heterocycles. The molecule has 4 saturated carbocycles. The highest BCUT2D eigenvalue weighted by Crippen LogP contribution is 2.61. The van der Waals surface area contributed by atoms with Gasteiger partial charge in [0.15, 0.2) is 6.61 Å². The summed E-state index contributed by atoms with van der Waals surface area (Å²) < 4.78 is 18.7. The van der Waals surface area contributed by atoms with Crippen LogP contribution in [0.4, 0.5) is 4.39 Å². The maximum atomic E-state index is 13.6. The summed E-state index contributed by atoms with van der Waals surface area (Å²) >= 11 is 0. The number of carbonyl (C=O) groups excluding carboxylic acids is 2. The minimum absolute atomic E-state index is 0.101. The molecule has 4 aliphatic rings. The zero-order valence-electron chi connectivity index (χ0n) is 15.9. The predicted molar refractivity (Wildman–Crippen MR) is 99.3 cm³/mol. The molecule has 4 nitrogen and oxygen atoms in total. The van der Waals surface area contributed by atoms with E-state index in [4.69, 9.17) is 4.74 Å². The standard InChI is InChI=1S/C22H28FNO3/c1-14(22-10-15-6-16(11-22)8-17(7-15)12-22)24-20(25)13-27-21(26)9-18-4-2-3-5-19(18)23/h2-5,14-17H,6-13H2,1H3,(H,24,25)/t14-,15?,16?,17?,22?/m1/s1. The molecule has 4 aliphatic carbocycles. The predicted octanol–water partition coefficient (Wildman–Crippen LogP) is 3.63. The highest BCUT2D eigenvalue weighted by atomic mass is 19.1. The van der Waals surface area contributed by atoms with Gasteiger partial charge in [-0.05, 0) is 80.2 Å². The van der Waals surface area contributed by atoms with Crippen molar-refractivity contribution in [3.63, 3.8) is 0 Å². The summed E-state index contributed by atoms with van der Waals surface area (Å²) in [6.45, 7) is 1.80.